The van der Waals surface area contributed by atoms with Crippen LogP contribution in [0.5, 0.6) is 0 Å². The molecule has 4 rings (SSSR count). The molecule has 1 aliphatic heterocycles. The summed E-state index contributed by atoms with van der Waals surface area (Å²) in [6.07, 6.45) is 0.0178. The van der Waals surface area contributed by atoms with Crippen molar-refractivity contribution >= 4 is 19.4 Å². The van der Waals surface area contributed by atoms with Crippen LogP contribution in [0.3, 0.4) is 0 Å². The molecule has 1 aliphatic rings. The molecule has 0 radical (unpaired) electrons. The zero-order valence-corrected chi connectivity index (χ0v) is 18.1. The molecule has 0 aliphatic carbocycles. The normalized spacial score (nSPS) is 21.3. The average Bonchev–Trinajstić information content (AvgIpc) is 3.16. The number of benzene rings is 3. The minimum absolute atomic E-state index is 0.0296. The molecule has 1 fully saturated rings. The molecule has 0 amide bonds. The molecule has 150 valence electrons. The fourth-order valence-electron chi connectivity index (χ4n) is 3.41. The molecule has 29 heavy (non-hydrogen) atoms. The summed E-state index contributed by atoms with van der Waals surface area (Å²) in [5.41, 5.74) is 2.37. The first-order valence-corrected chi connectivity index (χ1v) is 11.8. The van der Waals surface area contributed by atoms with Crippen LogP contribution in [0.2, 0.25) is 4.82 Å². The molecular formula is C25H26O3Se. The summed E-state index contributed by atoms with van der Waals surface area (Å²) in [5, 5.41) is 0. The first-order valence-electron chi connectivity index (χ1n) is 9.99. The molecule has 3 atom stereocenters. The van der Waals surface area contributed by atoms with E-state index >= 15 is 0 Å². The Morgan fingerprint density at radius 2 is 1.34 bits per heavy atom. The average molecular weight is 453 g/mol. The molecule has 1 saturated heterocycles. The fraction of sp³-hybridized carbons (Fsp3) is 0.280. The van der Waals surface area contributed by atoms with Crippen LogP contribution in [-0.2, 0) is 27.4 Å². The third-order valence-electron chi connectivity index (χ3n) is 4.92. The molecular weight excluding hydrogens is 427 g/mol. The summed E-state index contributed by atoms with van der Waals surface area (Å²) in [4.78, 5) is 0.388. The molecule has 3 aromatic rings. The Balaban J connectivity index is 1.38. The molecule has 1 heterocycles. The maximum atomic E-state index is 6.40. The van der Waals surface area contributed by atoms with Crippen LogP contribution in [-0.4, -0.2) is 40.4 Å². The van der Waals surface area contributed by atoms with Gasteiger partial charge >= 0.3 is 179 Å². The molecule has 0 saturated carbocycles. The summed E-state index contributed by atoms with van der Waals surface area (Å²) in [6, 6.07) is 31.3. The van der Waals surface area contributed by atoms with Crippen LogP contribution in [0.1, 0.15) is 11.1 Å². The van der Waals surface area contributed by atoms with Gasteiger partial charge in [-0.15, -0.1) is 0 Å². The Labute approximate surface area is 179 Å². The number of rotatable bonds is 9. The van der Waals surface area contributed by atoms with Crippen molar-refractivity contribution in [3.8, 4) is 0 Å². The summed E-state index contributed by atoms with van der Waals surface area (Å²) in [6.45, 7) is 2.48. The Kier molecular flexibility index (Phi) is 7.52. The van der Waals surface area contributed by atoms with Crippen LogP contribution < -0.4 is 4.46 Å². The van der Waals surface area contributed by atoms with Gasteiger partial charge in [-0.25, -0.2) is 0 Å². The first kappa shape index (κ1) is 20.3. The summed E-state index contributed by atoms with van der Waals surface area (Å²) >= 11 is 0.302. The van der Waals surface area contributed by atoms with E-state index in [0.29, 0.717) is 39.6 Å². The van der Waals surface area contributed by atoms with Gasteiger partial charge in [0.05, 0.1) is 0 Å². The van der Waals surface area contributed by atoms with Crippen molar-refractivity contribution in [1.82, 2.24) is 0 Å². The van der Waals surface area contributed by atoms with E-state index in [1.807, 2.05) is 24.3 Å². The van der Waals surface area contributed by atoms with Crippen molar-refractivity contribution in [3.05, 3.63) is 102 Å². The Morgan fingerprint density at radius 1 is 0.759 bits per heavy atom. The van der Waals surface area contributed by atoms with Gasteiger partial charge < -0.3 is 0 Å². The predicted octanol–water partition coefficient (Wildman–Crippen LogP) is 4.01. The van der Waals surface area contributed by atoms with E-state index in [2.05, 4.69) is 66.7 Å². The topological polar surface area (TPSA) is 27.7 Å². The van der Waals surface area contributed by atoms with Crippen molar-refractivity contribution in [2.24, 2.45) is 0 Å². The third-order valence-corrected chi connectivity index (χ3v) is 7.54. The SMILES string of the molecule is c1ccc(COC[C@H]2OC[C@@H]([Se]c3ccccc3)[C@@H]2OCc2ccccc2)cc1. The van der Waals surface area contributed by atoms with Gasteiger partial charge in [-0.2, -0.15) is 0 Å². The van der Waals surface area contributed by atoms with Crippen LogP contribution >= 0.6 is 0 Å². The van der Waals surface area contributed by atoms with E-state index in [1.165, 1.54) is 15.6 Å². The number of hydrogen-bond donors (Lipinski definition) is 0. The second kappa shape index (κ2) is 10.7. The second-order valence-corrected chi connectivity index (χ2v) is 9.86. The van der Waals surface area contributed by atoms with Gasteiger partial charge in [-0.1, -0.05) is 0 Å². The number of ether oxygens (including phenoxy) is 3. The van der Waals surface area contributed by atoms with E-state index in [4.69, 9.17) is 14.2 Å². The van der Waals surface area contributed by atoms with E-state index in [-0.39, 0.29) is 12.2 Å². The van der Waals surface area contributed by atoms with Crippen LogP contribution in [0, 0.1) is 0 Å². The van der Waals surface area contributed by atoms with Crippen LogP contribution in [0.25, 0.3) is 0 Å². The summed E-state index contributed by atoms with van der Waals surface area (Å²) in [7, 11) is 0. The van der Waals surface area contributed by atoms with Crippen LogP contribution in [0.15, 0.2) is 91.0 Å². The van der Waals surface area contributed by atoms with Gasteiger partial charge in [0.1, 0.15) is 0 Å². The van der Waals surface area contributed by atoms with Gasteiger partial charge in [0.25, 0.3) is 0 Å². The quantitative estimate of drug-likeness (QED) is 0.459. The molecule has 4 heteroatoms. The van der Waals surface area contributed by atoms with Gasteiger partial charge in [0, 0.05) is 0 Å². The molecule has 0 aromatic heterocycles. The van der Waals surface area contributed by atoms with Gasteiger partial charge in [-0.05, 0) is 0 Å². The minimum atomic E-state index is -0.0296. The molecule has 0 unspecified atom stereocenters. The van der Waals surface area contributed by atoms with Crippen molar-refractivity contribution in [3.63, 3.8) is 0 Å². The summed E-state index contributed by atoms with van der Waals surface area (Å²) in [5.74, 6) is 0. The zero-order chi connectivity index (χ0) is 19.7. The van der Waals surface area contributed by atoms with Crippen molar-refractivity contribution < 1.29 is 14.2 Å². The molecule has 3 nitrogen and oxygen atoms in total. The monoisotopic (exact) mass is 454 g/mol. The molecule has 3 aromatic carbocycles. The molecule has 0 spiro atoms. The number of hydrogen-bond acceptors (Lipinski definition) is 3. The van der Waals surface area contributed by atoms with Gasteiger partial charge in [0.15, 0.2) is 0 Å². The van der Waals surface area contributed by atoms with Gasteiger partial charge in [-0.3, -0.25) is 0 Å². The van der Waals surface area contributed by atoms with E-state index in [9.17, 15) is 0 Å². The Hall–Kier alpha value is -1.94. The maximum absolute atomic E-state index is 6.40. The predicted molar refractivity (Wildman–Crippen MR) is 116 cm³/mol. The molecule has 0 bridgehead atoms. The first-order chi connectivity index (χ1) is 14.4. The van der Waals surface area contributed by atoms with E-state index in [1.54, 1.807) is 0 Å². The standard InChI is InChI=1S/C25H26O3Se/c1-4-10-20(11-5-1)16-26-18-23-25(28-17-21-12-6-2-7-13-21)24(19-27-23)29-22-14-8-3-9-15-22/h1-15,23-25H,16-19H2/t23-,24-,25-/m1/s1. The summed E-state index contributed by atoms with van der Waals surface area (Å²) < 4.78 is 19.9. The second-order valence-electron chi connectivity index (χ2n) is 7.10. The van der Waals surface area contributed by atoms with Crippen molar-refractivity contribution in [1.29, 1.82) is 0 Å². The van der Waals surface area contributed by atoms with E-state index in [0.717, 1.165) is 6.61 Å². The van der Waals surface area contributed by atoms with Crippen molar-refractivity contribution in [2.45, 2.75) is 30.2 Å². The Bertz CT molecular complexity index is 842. The zero-order valence-electron chi connectivity index (χ0n) is 16.4. The fourth-order valence-corrected chi connectivity index (χ4v) is 5.93. The third kappa shape index (κ3) is 6.02. The Morgan fingerprint density at radius 3 is 2.00 bits per heavy atom. The van der Waals surface area contributed by atoms with E-state index < -0.39 is 0 Å². The van der Waals surface area contributed by atoms with Crippen molar-refractivity contribution in [2.75, 3.05) is 13.2 Å². The van der Waals surface area contributed by atoms with Crippen LogP contribution in [0.4, 0.5) is 0 Å². The van der Waals surface area contributed by atoms with Gasteiger partial charge in [0.2, 0.25) is 0 Å². The molecule has 0 N–H and O–H groups in total.